The number of pyridine rings is 1. The fourth-order valence-electron chi connectivity index (χ4n) is 3.68. The molecule has 1 aliphatic heterocycles. The Morgan fingerprint density at radius 2 is 1.96 bits per heavy atom. The molecule has 1 aromatic carbocycles. The molecular weight excluding hydrogens is 336 g/mol. The molecule has 3 rings (SSSR count). The Balaban J connectivity index is 1.68. The molecule has 5 heteroatoms. The van der Waals surface area contributed by atoms with Crippen molar-refractivity contribution in [3.8, 4) is 0 Å². The van der Waals surface area contributed by atoms with Crippen molar-refractivity contribution in [3.63, 3.8) is 0 Å². The fraction of sp³-hybridized carbons (Fsp3) is 0.455. The highest BCUT2D eigenvalue weighted by Crippen LogP contribution is 2.23. The number of hydrogen-bond acceptors (Lipinski definition) is 4. The third-order valence-electron chi connectivity index (χ3n) is 5.24. The van der Waals surface area contributed by atoms with Gasteiger partial charge in [0, 0.05) is 49.3 Å². The molecule has 144 valence electrons. The molecule has 1 fully saturated rings. The number of aromatic nitrogens is 1. The van der Waals surface area contributed by atoms with Crippen molar-refractivity contribution in [2.24, 2.45) is 5.92 Å². The maximum atomic E-state index is 12.7. The lowest BCUT2D eigenvalue weighted by Crippen LogP contribution is -2.34. The van der Waals surface area contributed by atoms with Crippen molar-refractivity contribution in [1.82, 2.24) is 4.98 Å². The third-order valence-corrected chi connectivity index (χ3v) is 5.24. The number of benzene rings is 1. The summed E-state index contributed by atoms with van der Waals surface area (Å²) in [5.41, 5.74) is 2.62. The summed E-state index contributed by atoms with van der Waals surface area (Å²) in [6, 6.07) is 11.7. The van der Waals surface area contributed by atoms with E-state index in [0.717, 1.165) is 37.7 Å². The molecule has 1 N–H and O–H groups in total. The van der Waals surface area contributed by atoms with E-state index >= 15 is 0 Å². The van der Waals surface area contributed by atoms with Gasteiger partial charge < -0.3 is 15.1 Å². The molecule has 27 heavy (non-hydrogen) atoms. The van der Waals surface area contributed by atoms with Crippen LogP contribution in [0.5, 0.6) is 0 Å². The number of anilines is 3. The summed E-state index contributed by atoms with van der Waals surface area (Å²) in [5, 5.41) is 3.00. The fourth-order valence-corrected chi connectivity index (χ4v) is 3.68. The summed E-state index contributed by atoms with van der Waals surface area (Å²) >= 11 is 0. The number of carbonyl (C=O) groups excluding carboxylic acids is 1. The highest BCUT2D eigenvalue weighted by Gasteiger charge is 2.18. The van der Waals surface area contributed by atoms with Crippen LogP contribution in [0.25, 0.3) is 0 Å². The number of carbonyl (C=O) groups is 1. The molecule has 0 aliphatic carbocycles. The lowest BCUT2D eigenvalue weighted by molar-refractivity contribution is 0.102. The Hall–Kier alpha value is -2.56. The van der Waals surface area contributed by atoms with Crippen molar-refractivity contribution in [3.05, 3.63) is 48.2 Å². The Bertz CT molecular complexity index is 755. The van der Waals surface area contributed by atoms with Crippen LogP contribution in [-0.2, 0) is 0 Å². The molecule has 0 radical (unpaired) electrons. The first kappa shape index (κ1) is 19.2. The van der Waals surface area contributed by atoms with Gasteiger partial charge in [0.25, 0.3) is 5.91 Å². The van der Waals surface area contributed by atoms with Crippen LogP contribution in [0, 0.1) is 5.92 Å². The average molecular weight is 367 g/mol. The lowest BCUT2D eigenvalue weighted by atomic mass is 10.0. The predicted molar refractivity (Wildman–Crippen MR) is 113 cm³/mol. The lowest BCUT2D eigenvalue weighted by Gasteiger charge is -2.31. The standard InChI is InChI=1S/C22H30N4O/c1-4-25(5-2)20-10-8-19(9-11-20)24-22(27)18-12-13-23-21(15-18)26-14-6-7-17(3)16-26/h8-13,15,17H,4-7,14,16H2,1-3H3,(H,24,27). The summed E-state index contributed by atoms with van der Waals surface area (Å²) < 4.78 is 0. The third kappa shape index (κ3) is 4.79. The van der Waals surface area contributed by atoms with Crippen molar-refractivity contribution < 1.29 is 4.79 Å². The van der Waals surface area contributed by atoms with E-state index in [1.807, 2.05) is 18.2 Å². The summed E-state index contributed by atoms with van der Waals surface area (Å²) in [6.45, 7) is 10.5. The second-order valence-corrected chi connectivity index (χ2v) is 7.27. The molecule has 0 bridgehead atoms. The SMILES string of the molecule is CCN(CC)c1ccc(NC(=O)c2ccnc(N3CCCC(C)C3)c2)cc1. The molecule has 0 spiro atoms. The minimum Gasteiger partial charge on any atom is -0.372 e. The van der Waals surface area contributed by atoms with Crippen molar-refractivity contribution >= 4 is 23.1 Å². The Morgan fingerprint density at radius 3 is 2.63 bits per heavy atom. The van der Waals surface area contributed by atoms with Gasteiger partial charge in [-0.25, -0.2) is 4.98 Å². The molecule has 2 aromatic rings. The van der Waals surface area contributed by atoms with Gasteiger partial charge in [-0.1, -0.05) is 6.92 Å². The highest BCUT2D eigenvalue weighted by atomic mass is 16.1. The maximum absolute atomic E-state index is 12.7. The van der Waals surface area contributed by atoms with Gasteiger partial charge in [-0.15, -0.1) is 0 Å². The minimum absolute atomic E-state index is 0.0979. The van der Waals surface area contributed by atoms with Gasteiger partial charge in [-0.05, 0) is 69.0 Å². The summed E-state index contributed by atoms with van der Waals surface area (Å²) in [5.74, 6) is 1.47. The molecule has 0 saturated carbocycles. The smallest absolute Gasteiger partial charge is 0.255 e. The second kappa shape index (κ2) is 8.89. The topological polar surface area (TPSA) is 48.5 Å². The van der Waals surface area contributed by atoms with Gasteiger partial charge in [0.1, 0.15) is 5.82 Å². The molecule has 1 atom stereocenters. The molecule has 1 unspecified atom stereocenters. The van der Waals surface area contributed by atoms with E-state index in [2.05, 4.69) is 53.0 Å². The largest absolute Gasteiger partial charge is 0.372 e. The van der Waals surface area contributed by atoms with E-state index < -0.39 is 0 Å². The van der Waals surface area contributed by atoms with Crippen LogP contribution in [0.3, 0.4) is 0 Å². The molecule has 1 aromatic heterocycles. The molecule has 5 nitrogen and oxygen atoms in total. The van der Waals surface area contributed by atoms with Crippen LogP contribution in [0.1, 0.15) is 44.0 Å². The Kier molecular flexibility index (Phi) is 6.32. The van der Waals surface area contributed by atoms with Gasteiger partial charge in [-0.2, -0.15) is 0 Å². The minimum atomic E-state index is -0.0979. The van der Waals surface area contributed by atoms with Crippen molar-refractivity contribution in [2.75, 3.05) is 41.3 Å². The number of hydrogen-bond donors (Lipinski definition) is 1. The van der Waals surface area contributed by atoms with E-state index in [4.69, 9.17) is 0 Å². The van der Waals surface area contributed by atoms with Gasteiger partial charge in [-0.3, -0.25) is 4.79 Å². The van der Waals surface area contributed by atoms with Crippen LogP contribution in [-0.4, -0.2) is 37.1 Å². The first-order valence-electron chi connectivity index (χ1n) is 9.98. The van der Waals surface area contributed by atoms with E-state index in [1.165, 1.54) is 18.5 Å². The van der Waals surface area contributed by atoms with E-state index in [1.54, 1.807) is 12.3 Å². The van der Waals surface area contributed by atoms with Crippen molar-refractivity contribution in [1.29, 1.82) is 0 Å². The number of amides is 1. The molecule has 1 saturated heterocycles. The zero-order valence-electron chi connectivity index (χ0n) is 16.6. The highest BCUT2D eigenvalue weighted by molar-refractivity contribution is 6.04. The van der Waals surface area contributed by atoms with Crippen LogP contribution in [0.2, 0.25) is 0 Å². The van der Waals surface area contributed by atoms with E-state index in [9.17, 15) is 4.79 Å². The monoisotopic (exact) mass is 366 g/mol. The summed E-state index contributed by atoms with van der Waals surface area (Å²) in [4.78, 5) is 21.7. The first-order valence-corrected chi connectivity index (χ1v) is 9.98. The van der Waals surface area contributed by atoms with Crippen molar-refractivity contribution in [2.45, 2.75) is 33.6 Å². The van der Waals surface area contributed by atoms with Gasteiger partial charge >= 0.3 is 0 Å². The number of nitrogens with zero attached hydrogens (tertiary/aromatic N) is 3. The molecule has 1 aliphatic rings. The summed E-state index contributed by atoms with van der Waals surface area (Å²) in [7, 11) is 0. The maximum Gasteiger partial charge on any atom is 0.255 e. The zero-order valence-corrected chi connectivity index (χ0v) is 16.6. The average Bonchev–Trinajstić information content (AvgIpc) is 2.70. The quantitative estimate of drug-likeness (QED) is 0.822. The summed E-state index contributed by atoms with van der Waals surface area (Å²) in [6.07, 6.45) is 4.17. The van der Waals surface area contributed by atoms with Crippen LogP contribution >= 0.6 is 0 Å². The molecular formula is C22H30N4O. The van der Waals surface area contributed by atoms with E-state index in [0.29, 0.717) is 11.5 Å². The predicted octanol–water partition coefficient (Wildman–Crippen LogP) is 4.42. The number of piperidine rings is 1. The normalized spacial score (nSPS) is 16.9. The first-order chi connectivity index (χ1) is 13.1. The van der Waals surface area contributed by atoms with Gasteiger partial charge in [0.05, 0.1) is 0 Å². The second-order valence-electron chi connectivity index (χ2n) is 7.27. The Labute approximate surface area is 162 Å². The van der Waals surface area contributed by atoms with Gasteiger partial charge in [0.2, 0.25) is 0 Å². The van der Waals surface area contributed by atoms with E-state index in [-0.39, 0.29) is 5.91 Å². The molecule has 1 amide bonds. The van der Waals surface area contributed by atoms with Crippen LogP contribution < -0.4 is 15.1 Å². The molecule has 2 heterocycles. The Morgan fingerprint density at radius 1 is 1.22 bits per heavy atom. The number of rotatable bonds is 6. The number of nitrogens with one attached hydrogen (secondary N) is 1. The van der Waals surface area contributed by atoms with Gasteiger partial charge in [0.15, 0.2) is 0 Å². The van der Waals surface area contributed by atoms with Crippen LogP contribution in [0.4, 0.5) is 17.2 Å². The van der Waals surface area contributed by atoms with Crippen LogP contribution in [0.15, 0.2) is 42.6 Å². The zero-order chi connectivity index (χ0) is 19.2.